The highest BCUT2D eigenvalue weighted by Gasteiger charge is 2.19. The van der Waals surface area contributed by atoms with Gasteiger partial charge in [-0.2, -0.15) is 11.8 Å². The molecule has 1 aromatic heterocycles. The van der Waals surface area contributed by atoms with Gasteiger partial charge >= 0.3 is 0 Å². The average molecular weight is 291 g/mol. The summed E-state index contributed by atoms with van der Waals surface area (Å²) in [5.74, 6) is 6.00. The van der Waals surface area contributed by atoms with E-state index in [1.54, 1.807) is 11.8 Å². The third-order valence-electron chi connectivity index (χ3n) is 2.25. The van der Waals surface area contributed by atoms with Crippen LogP contribution in [-0.2, 0) is 10.0 Å². The number of sulfonamides is 1. The van der Waals surface area contributed by atoms with Crippen molar-refractivity contribution >= 4 is 27.7 Å². The molecule has 0 bridgehead atoms. The Labute approximate surface area is 111 Å². The molecule has 7 nitrogen and oxygen atoms in total. The quantitative estimate of drug-likeness (QED) is 0.485. The summed E-state index contributed by atoms with van der Waals surface area (Å²) in [6.07, 6.45) is 5.10. The third kappa shape index (κ3) is 4.09. The van der Waals surface area contributed by atoms with E-state index in [-0.39, 0.29) is 16.9 Å². The second kappa shape index (κ2) is 6.88. The van der Waals surface area contributed by atoms with Crippen LogP contribution in [0.5, 0.6) is 0 Å². The number of nitrogens with zero attached hydrogens (tertiary/aromatic N) is 2. The predicted molar refractivity (Wildman–Crippen MR) is 72.6 cm³/mol. The molecule has 0 amide bonds. The van der Waals surface area contributed by atoms with Gasteiger partial charge in [0.25, 0.3) is 0 Å². The number of aromatic nitrogens is 2. The molecule has 0 spiro atoms. The highest BCUT2D eigenvalue weighted by atomic mass is 32.2. The monoisotopic (exact) mass is 291 g/mol. The number of nitrogens with two attached hydrogens (primary N) is 1. The summed E-state index contributed by atoms with van der Waals surface area (Å²) in [7, 11) is -3.58. The van der Waals surface area contributed by atoms with Crippen LogP contribution in [0.1, 0.15) is 13.3 Å². The lowest BCUT2D eigenvalue weighted by Crippen LogP contribution is -2.36. The van der Waals surface area contributed by atoms with Gasteiger partial charge in [-0.25, -0.2) is 29.0 Å². The first-order valence-electron chi connectivity index (χ1n) is 5.33. The summed E-state index contributed by atoms with van der Waals surface area (Å²) in [5.41, 5.74) is 2.24. The molecule has 1 heterocycles. The molecular weight excluding hydrogens is 274 g/mol. The average Bonchev–Trinajstić information content (AvgIpc) is 2.38. The molecule has 0 fully saturated rings. The number of hydrogen-bond acceptors (Lipinski definition) is 7. The summed E-state index contributed by atoms with van der Waals surface area (Å²) in [4.78, 5) is 7.57. The van der Waals surface area contributed by atoms with Gasteiger partial charge in [0.05, 0.1) is 12.4 Å². The van der Waals surface area contributed by atoms with E-state index in [1.165, 1.54) is 12.4 Å². The Bertz CT molecular complexity index is 462. The normalized spacial score (nSPS) is 13.3. The van der Waals surface area contributed by atoms with Crippen LogP contribution in [0.15, 0.2) is 17.3 Å². The van der Waals surface area contributed by atoms with Crippen molar-refractivity contribution in [2.45, 2.75) is 24.3 Å². The van der Waals surface area contributed by atoms with Gasteiger partial charge in [-0.3, -0.25) is 5.43 Å². The van der Waals surface area contributed by atoms with E-state index in [2.05, 4.69) is 20.1 Å². The summed E-state index contributed by atoms with van der Waals surface area (Å²) in [5, 5.41) is 0. The molecule has 0 saturated heterocycles. The molecule has 9 heteroatoms. The van der Waals surface area contributed by atoms with E-state index in [9.17, 15) is 8.42 Å². The largest absolute Gasteiger partial charge is 0.292 e. The molecule has 0 aliphatic heterocycles. The Hall–Kier alpha value is -0.900. The second-order valence-electron chi connectivity index (χ2n) is 3.57. The first-order valence-corrected chi connectivity index (χ1v) is 8.21. The maximum Gasteiger partial charge on any atom is 0.243 e. The smallest absolute Gasteiger partial charge is 0.243 e. The number of nitrogens with one attached hydrogen (secondary N) is 2. The van der Waals surface area contributed by atoms with Crippen LogP contribution in [0.2, 0.25) is 0 Å². The van der Waals surface area contributed by atoms with E-state index in [1.807, 2.05) is 13.2 Å². The fraction of sp³-hybridized carbons (Fsp3) is 0.556. The molecule has 0 aliphatic rings. The molecule has 0 aliphatic carbocycles. The number of rotatable bonds is 7. The van der Waals surface area contributed by atoms with Crippen molar-refractivity contribution in [2.24, 2.45) is 5.84 Å². The summed E-state index contributed by atoms with van der Waals surface area (Å²) in [6.45, 7) is 1.93. The molecule has 1 rings (SSSR count). The number of thioether (sulfide) groups is 1. The van der Waals surface area contributed by atoms with Crippen molar-refractivity contribution in [1.82, 2.24) is 14.7 Å². The lowest BCUT2D eigenvalue weighted by atomic mass is 10.3. The Morgan fingerprint density at radius 1 is 1.44 bits per heavy atom. The van der Waals surface area contributed by atoms with Crippen molar-refractivity contribution in [3.63, 3.8) is 0 Å². The maximum atomic E-state index is 12.0. The van der Waals surface area contributed by atoms with Gasteiger partial charge in [-0.15, -0.1) is 0 Å². The molecule has 0 aromatic carbocycles. The van der Waals surface area contributed by atoms with Crippen LogP contribution in [0.25, 0.3) is 0 Å². The van der Waals surface area contributed by atoms with Crippen molar-refractivity contribution < 1.29 is 8.42 Å². The van der Waals surface area contributed by atoms with Crippen LogP contribution in [0.3, 0.4) is 0 Å². The Morgan fingerprint density at radius 2 is 2.06 bits per heavy atom. The van der Waals surface area contributed by atoms with Crippen LogP contribution in [0, 0.1) is 0 Å². The highest BCUT2D eigenvalue weighted by Crippen LogP contribution is 2.10. The topological polar surface area (TPSA) is 110 Å². The molecule has 18 heavy (non-hydrogen) atoms. The number of anilines is 1. The Balaban J connectivity index is 2.84. The van der Waals surface area contributed by atoms with Crippen molar-refractivity contribution in [1.29, 1.82) is 0 Å². The lowest BCUT2D eigenvalue weighted by molar-refractivity contribution is 0.557. The summed E-state index contributed by atoms with van der Waals surface area (Å²) >= 11 is 1.59. The minimum Gasteiger partial charge on any atom is -0.292 e. The minimum atomic E-state index is -3.58. The van der Waals surface area contributed by atoms with Gasteiger partial charge in [0.15, 0.2) is 0 Å². The molecule has 4 N–H and O–H groups in total. The number of nitrogen functional groups attached to an aromatic ring is 1. The molecule has 102 valence electrons. The van der Waals surface area contributed by atoms with Crippen molar-refractivity contribution in [3.8, 4) is 0 Å². The van der Waals surface area contributed by atoms with Crippen LogP contribution < -0.4 is 16.0 Å². The number of hydrazine groups is 1. The van der Waals surface area contributed by atoms with Gasteiger partial charge in [0.1, 0.15) is 4.90 Å². The molecule has 0 saturated carbocycles. The van der Waals surface area contributed by atoms with Gasteiger partial charge in [0.2, 0.25) is 16.0 Å². The Kier molecular flexibility index (Phi) is 5.79. The zero-order valence-electron chi connectivity index (χ0n) is 10.3. The standard InChI is InChI=1S/C9H17N5O2S2/c1-3-7(6-17-2)14-18(15,16)8-4-11-9(13-10)12-5-8/h4-5,7,14H,3,6,10H2,1-2H3,(H,11,12,13). The minimum absolute atomic E-state index is 0.0288. The van der Waals surface area contributed by atoms with Crippen LogP contribution in [0.4, 0.5) is 5.95 Å². The molecular formula is C9H17N5O2S2. The van der Waals surface area contributed by atoms with Crippen molar-refractivity contribution in [3.05, 3.63) is 12.4 Å². The van der Waals surface area contributed by atoms with Crippen LogP contribution >= 0.6 is 11.8 Å². The van der Waals surface area contributed by atoms with Crippen molar-refractivity contribution in [2.75, 3.05) is 17.4 Å². The molecule has 1 unspecified atom stereocenters. The third-order valence-corrected chi connectivity index (χ3v) is 4.46. The second-order valence-corrected chi connectivity index (χ2v) is 6.19. The fourth-order valence-corrected chi connectivity index (χ4v) is 3.29. The van der Waals surface area contributed by atoms with E-state index in [0.29, 0.717) is 0 Å². The van der Waals surface area contributed by atoms with Gasteiger partial charge < -0.3 is 0 Å². The number of hydrogen-bond donors (Lipinski definition) is 3. The van der Waals surface area contributed by atoms with Gasteiger partial charge in [0, 0.05) is 11.8 Å². The molecule has 0 radical (unpaired) electrons. The van der Waals surface area contributed by atoms with E-state index in [0.717, 1.165) is 12.2 Å². The Morgan fingerprint density at radius 3 is 2.50 bits per heavy atom. The zero-order valence-corrected chi connectivity index (χ0v) is 11.9. The predicted octanol–water partition coefficient (Wildman–Crippen LogP) is 0.182. The lowest BCUT2D eigenvalue weighted by Gasteiger charge is -2.15. The summed E-state index contributed by atoms with van der Waals surface area (Å²) in [6, 6.07) is -0.0997. The maximum absolute atomic E-state index is 12.0. The fourth-order valence-electron chi connectivity index (χ4n) is 1.25. The summed E-state index contributed by atoms with van der Waals surface area (Å²) < 4.78 is 26.7. The van der Waals surface area contributed by atoms with E-state index in [4.69, 9.17) is 5.84 Å². The first kappa shape index (κ1) is 15.2. The first-order chi connectivity index (χ1) is 8.53. The molecule has 1 aromatic rings. The highest BCUT2D eigenvalue weighted by molar-refractivity contribution is 7.98. The van der Waals surface area contributed by atoms with E-state index < -0.39 is 10.0 Å². The zero-order chi connectivity index (χ0) is 13.6. The van der Waals surface area contributed by atoms with Crippen LogP contribution in [-0.4, -0.2) is 36.4 Å². The SMILES string of the molecule is CCC(CSC)NS(=O)(=O)c1cnc(NN)nc1. The van der Waals surface area contributed by atoms with E-state index >= 15 is 0 Å². The van der Waals surface area contributed by atoms with Gasteiger partial charge in [-0.05, 0) is 12.7 Å². The molecule has 1 atom stereocenters. The van der Waals surface area contributed by atoms with Gasteiger partial charge in [-0.1, -0.05) is 6.92 Å².